The van der Waals surface area contributed by atoms with Crippen molar-refractivity contribution in [3.63, 3.8) is 0 Å². The molecule has 0 heterocycles. The summed E-state index contributed by atoms with van der Waals surface area (Å²) < 4.78 is 91.3. The van der Waals surface area contributed by atoms with E-state index < -0.39 is 60.2 Å². The third-order valence-electron chi connectivity index (χ3n) is 3.71. The fourth-order valence-electron chi connectivity index (χ4n) is 2.22. The van der Waals surface area contributed by atoms with Crippen molar-refractivity contribution < 1.29 is 41.0 Å². The summed E-state index contributed by atoms with van der Waals surface area (Å²) in [7, 11) is -3.11. The highest BCUT2D eigenvalue weighted by Gasteiger charge is 2.44. The number of hydrogen-bond donors (Lipinski definition) is 2. The van der Waals surface area contributed by atoms with Crippen molar-refractivity contribution in [2.45, 2.75) is 32.2 Å². The van der Waals surface area contributed by atoms with E-state index in [1.54, 1.807) is 0 Å². The van der Waals surface area contributed by atoms with Gasteiger partial charge in [0.1, 0.15) is 5.75 Å². The highest BCUT2D eigenvalue weighted by molar-refractivity contribution is 5.38. The van der Waals surface area contributed by atoms with Gasteiger partial charge in [0.15, 0.2) is 17.9 Å². The number of aliphatic hydroxyl groups excluding tert-OH is 1. The van der Waals surface area contributed by atoms with Crippen LogP contribution < -0.4 is 4.74 Å². The number of hydrogen-bond acceptors (Lipinski definition) is 3. The molecule has 3 atom stereocenters. The number of methoxy groups -OCH3 is 1. The Morgan fingerprint density at radius 1 is 1.14 bits per heavy atom. The van der Waals surface area contributed by atoms with Crippen molar-refractivity contribution in [3.8, 4) is 5.75 Å². The van der Waals surface area contributed by atoms with E-state index in [-0.39, 0.29) is 0 Å². The minimum absolute atomic E-state index is 0.345. The van der Waals surface area contributed by atoms with E-state index in [0.29, 0.717) is 12.1 Å². The molecule has 0 aliphatic carbocycles. The molecule has 0 aliphatic rings. The molecular formula is C14H17F5O3. The SMILES string of the molecule is [2H]C([2H])([2H])Oc1cc(F)c(F)cc1[C@@H](C(O)O)[C@H](C)[C@@H](C)C(F)(F)F. The molecule has 0 bridgehead atoms. The maximum absolute atomic E-state index is 13.6. The number of alkyl halides is 3. The second-order valence-electron chi connectivity index (χ2n) is 5.04. The van der Waals surface area contributed by atoms with E-state index in [1.807, 2.05) is 0 Å². The Morgan fingerprint density at radius 2 is 1.68 bits per heavy atom. The zero-order valence-corrected chi connectivity index (χ0v) is 11.7. The molecule has 3 nitrogen and oxygen atoms in total. The number of rotatable bonds is 5. The number of halogens is 5. The largest absolute Gasteiger partial charge is 0.496 e. The van der Waals surface area contributed by atoms with Crippen molar-refractivity contribution >= 4 is 0 Å². The average molecular weight is 331 g/mol. The number of aliphatic hydroxyl groups is 2. The summed E-state index contributed by atoms with van der Waals surface area (Å²) in [6, 6.07) is 0.748. The topological polar surface area (TPSA) is 49.7 Å². The van der Waals surface area contributed by atoms with Crippen LogP contribution in [-0.2, 0) is 0 Å². The Kier molecular flexibility index (Phi) is 4.38. The van der Waals surface area contributed by atoms with Crippen LogP contribution >= 0.6 is 0 Å². The van der Waals surface area contributed by atoms with Gasteiger partial charge < -0.3 is 14.9 Å². The van der Waals surface area contributed by atoms with Gasteiger partial charge in [-0.15, -0.1) is 0 Å². The minimum Gasteiger partial charge on any atom is -0.496 e. The zero-order chi connectivity index (χ0) is 19.7. The second kappa shape index (κ2) is 6.78. The van der Waals surface area contributed by atoms with Crippen LogP contribution in [0.15, 0.2) is 12.1 Å². The highest BCUT2D eigenvalue weighted by Crippen LogP contribution is 2.43. The fourth-order valence-corrected chi connectivity index (χ4v) is 2.22. The molecule has 0 amide bonds. The first-order valence-corrected chi connectivity index (χ1v) is 6.26. The molecule has 0 aliphatic heterocycles. The number of ether oxygens (including phenoxy) is 1. The molecule has 0 saturated carbocycles. The lowest BCUT2D eigenvalue weighted by Gasteiger charge is -2.32. The van der Waals surface area contributed by atoms with Crippen LogP contribution in [-0.4, -0.2) is 29.7 Å². The van der Waals surface area contributed by atoms with E-state index in [1.165, 1.54) is 0 Å². The summed E-state index contributed by atoms with van der Waals surface area (Å²) in [5.41, 5.74) is -0.589. The Bertz CT molecular complexity index is 605. The molecule has 0 fully saturated rings. The minimum atomic E-state index is -4.70. The van der Waals surface area contributed by atoms with Gasteiger partial charge in [-0.05, 0) is 12.0 Å². The molecule has 0 aromatic heterocycles. The summed E-state index contributed by atoms with van der Waals surface area (Å²) in [4.78, 5) is 0. The first-order chi connectivity index (χ1) is 11.1. The van der Waals surface area contributed by atoms with Gasteiger partial charge >= 0.3 is 6.18 Å². The van der Waals surface area contributed by atoms with Crippen LogP contribution in [0.3, 0.4) is 0 Å². The van der Waals surface area contributed by atoms with Gasteiger partial charge in [-0.2, -0.15) is 13.2 Å². The van der Waals surface area contributed by atoms with E-state index in [0.717, 1.165) is 13.8 Å². The van der Waals surface area contributed by atoms with Crippen LogP contribution in [0.4, 0.5) is 22.0 Å². The summed E-state index contributed by atoms with van der Waals surface area (Å²) in [6.45, 7) is 1.81. The fraction of sp³-hybridized carbons (Fsp3) is 0.571. The third kappa shape index (κ3) is 3.86. The molecular weight excluding hydrogens is 311 g/mol. The summed E-state index contributed by atoms with van der Waals surface area (Å²) >= 11 is 0. The normalized spacial score (nSPS) is 19.1. The first kappa shape index (κ1) is 14.2. The van der Waals surface area contributed by atoms with Gasteiger partial charge in [-0.1, -0.05) is 13.8 Å². The molecule has 0 saturated heterocycles. The van der Waals surface area contributed by atoms with Crippen molar-refractivity contribution in [1.82, 2.24) is 0 Å². The van der Waals surface area contributed by atoms with Gasteiger partial charge in [0, 0.05) is 17.5 Å². The Balaban J connectivity index is 3.47. The lowest BCUT2D eigenvalue weighted by atomic mass is 9.78. The molecule has 1 aromatic carbocycles. The van der Waals surface area contributed by atoms with Crippen LogP contribution in [0.2, 0.25) is 0 Å². The maximum Gasteiger partial charge on any atom is 0.391 e. The van der Waals surface area contributed by atoms with Gasteiger partial charge in [-0.3, -0.25) is 0 Å². The standard InChI is InChI=1S/C14H17F5O3/c1-6(7(2)14(17,18)19)12(13(20)21)8-4-9(15)10(16)5-11(8)22-3/h4-7,12-13,20-21H,1-3H3/t6-,7-,12+/m1/s1/i3D3. The van der Waals surface area contributed by atoms with Crippen LogP contribution in [0.5, 0.6) is 5.75 Å². The lowest BCUT2D eigenvalue weighted by Crippen LogP contribution is -2.35. The monoisotopic (exact) mass is 331 g/mol. The molecule has 8 heteroatoms. The van der Waals surface area contributed by atoms with Gasteiger partial charge in [0.25, 0.3) is 0 Å². The van der Waals surface area contributed by atoms with Crippen molar-refractivity contribution in [3.05, 3.63) is 29.3 Å². The third-order valence-corrected chi connectivity index (χ3v) is 3.71. The van der Waals surface area contributed by atoms with Crippen LogP contribution in [0, 0.1) is 23.5 Å². The highest BCUT2D eigenvalue weighted by atomic mass is 19.4. The van der Waals surface area contributed by atoms with Crippen molar-refractivity contribution in [1.29, 1.82) is 0 Å². The van der Waals surface area contributed by atoms with Gasteiger partial charge in [0.2, 0.25) is 0 Å². The molecule has 22 heavy (non-hydrogen) atoms. The smallest absolute Gasteiger partial charge is 0.391 e. The second-order valence-corrected chi connectivity index (χ2v) is 5.04. The van der Waals surface area contributed by atoms with Crippen molar-refractivity contribution in [2.24, 2.45) is 11.8 Å². The Labute approximate surface area is 128 Å². The molecule has 126 valence electrons. The van der Waals surface area contributed by atoms with Crippen molar-refractivity contribution in [2.75, 3.05) is 7.04 Å². The Hall–Kier alpha value is -1.41. The molecule has 1 aromatic rings. The van der Waals surface area contributed by atoms with E-state index in [2.05, 4.69) is 4.74 Å². The average Bonchev–Trinajstić information content (AvgIpc) is 2.40. The molecule has 0 unspecified atom stereocenters. The maximum atomic E-state index is 13.6. The van der Waals surface area contributed by atoms with Gasteiger partial charge in [0.05, 0.1) is 17.1 Å². The first-order valence-electron chi connectivity index (χ1n) is 7.76. The molecule has 0 radical (unpaired) electrons. The quantitative estimate of drug-likeness (QED) is 0.643. The molecule has 0 spiro atoms. The zero-order valence-electron chi connectivity index (χ0n) is 14.7. The van der Waals surface area contributed by atoms with Gasteiger partial charge in [-0.25, -0.2) is 8.78 Å². The molecule has 1 rings (SSSR count). The summed E-state index contributed by atoms with van der Waals surface area (Å²) in [5, 5.41) is 19.0. The summed E-state index contributed by atoms with van der Waals surface area (Å²) in [6.07, 6.45) is -7.10. The lowest BCUT2D eigenvalue weighted by molar-refractivity contribution is -0.192. The summed E-state index contributed by atoms with van der Waals surface area (Å²) in [5.74, 6) is -9.12. The van der Waals surface area contributed by atoms with Crippen LogP contribution in [0.1, 0.15) is 29.4 Å². The van der Waals surface area contributed by atoms with Crippen LogP contribution in [0.25, 0.3) is 0 Å². The predicted octanol–water partition coefficient (Wildman–Crippen LogP) is 3.20. The number of benzene rings is 1. The Morgan fingerprint density at radius 3 is 2.14 bits per heavy atom. The molecule has 2 N–H and O–H groups in total. The van der Waals surface area contributed by atoms with E-state index >= 15 is 0 Å². The van der Waals surface area contributed by atoms with E-state index in [4.69, 9.17) is 4.11 Å². The van der Waals surface area contributed by atoms with E-state index in [9.17, 15) is 32.2 Å². The predicted molar refractivity (Wildman–Crippen MR) is 68.3 cm³/mol.